The van der Waals surface area contributed by atoms with Gasteiger partial charge in [-0.05, 0) is 18.6 Å². The van der Waals surface area contributed by atoms with Gasteiger partial charge in [-0.15, -0.1) is 13.2 Å². The summed E-state index contributed by atoms with van der Waals surface area (Å²) in [7, 11) is 0. The molecular weight excluding hydrogens is 235 g/mol. The van der Waals surface area contributed by atoms with Crippen molar-refractivity contribution in [3.63, 3.8) is 0 Å². The zero-order valence-corrected chi connectivity index (χ0v) is 8.02. The third-order valence-electron chi connectivity index (χ3n) is 1.61. The van der Waals surface area contributed by atoms with E-state index in [1.165, 1.54) is 13.0 Å². The molecule has 1 aromatic carbocycles. The summed E-state index contributed by atoms with van der Waals surface area (Å²) in [5.74, 6) is -0.953. The van der Waals surface area contributed by atoms with Crippen LogP contribution in [0.4, 0.5) is 22.0 Å². The molecular formula is C9H7F5O2. The Hall–Kier alpha value is -1.53. The average molecular weight is 242 g/mol. The standard InChI is InChI=1S/C9H7F5O2/c1-5-2-3-6(15-8(10)11)4-7(5)16-9(12,13)14/h2-4,8H,1H3. The van der Waals surface area contributed by atoms with Crippen LogP contribution in [0.1, 0.15) is 5.56 Å². The Kier molecular flexibility index (Phi) is 3.56. The number of alkyl halides is 5. The summed E-state index contributed by atoms with van der Waals surface area (Å²) in [5, 5.41) is 0. The first-order chi connectivity index (χ1) is 7.28. The van der Waals surface area contributed by atoms with Crippen LogP contribution in [0.15, 0.2) is 18.2 Å². The van der Waals surface area contributed by atoms with Crippen molar-refractivity contribution >= 4 is 0 Å². The average Bonchev–Trinajstić information content (AvgIpc) is 2.07. The molecule has 1 aromatic rings. The van der Waals surface area contributed by atoms with Gasteiger partial charge in [-0.2, -0.15) is 8.78 Å². The van der Waals surface area contributed by atoms with Crippen molar-refractivity contribution in [2.45, 2.75) is 19.9 Å². The van der Waals surface area contributed by atoms with Gasteiger partial charge < -0.3 is 9.47 Å². The third kappa shape index (κ3) is 3.92. The Morgan fingerprint density at radius 1 is 1.19 bits per heavy atom. The maximum absolute atomic E-state index is 11.9. The molecule has 0 unspecified atom stereocenters. The highest BCUT2D eigenvalue weighted by Crippen LogP contribution is 2.30. The van der Waals surface area contributed by atoms with E-state index in [0.717, 1.165) is 12.1 Å². The zero-order chi connectivity index (χ0) is 12.3. The Balaban J connectivity index is 2.90. The van der Waals surface area contributed by atoms with Gasteiger partial charge >= 0.3 is 13.0 Å². The fourth-order valence-electron chi connectivity index (χ4n) is 0.991. The number of rotatable bonds is 3. The molecule has 0 aliphatic rings. The molecule has 90 valence electrons. The van der Waals surface area contributed by atoms with E-state index in [4.69, 9.17) is 0 Å². The highest BCUT2D eigenvalue weighted by molar-refractivity contribution is 5.39. The van der Waals surface area contributed by atoms with E-state index in [0.29, 0.717) is 0 Å². The first-order valence-electron chi connectivity index (χ1n) is 4.09. The second kappa shape index (κ2) is 4.54. The number of hydrogen-bond acceptors (Lipinski definition) is 2. The second-order valence-corrected chi connectivity index (χ2v) is 2.85. The van der Waals surface area contributed by atoms with Gasteiger partial charge in [0.05, 0.1) is 0 Å². The molecule has 0 N–H and O–H groups in total. The van der Waals surface area contributed by atoms with Gasteiger partial charge in [0.1, 0.15) is 11.5 Å². The lowest BCUT2D eigenvalue weighted by Gasteiger charge is -2.12. The summed E-state index contributed by atoms with van der Waals surface area (Å²) in [6.45, 7) is -1.74. The van der Waals surface area contributed by atoms with Crippen LogP contribution in [0.2, 0.25) is 0 Å². The quantitative estimate of drug-likeness (QED) is 0.755. The van der Waals surface area contributed by atoms with Crippen LogP contribution in [0.25, 0.3) is 0 Å². The maximum atomic E-state index is 11.9. The molecule has 0 bridgehead atoms. The Labute approximate surface area is 87.6 Å². The molecule has 7 heteroatoms. The summed E-state index contributed by atoms with van der Waals surface area (Å²) in [4.78, 5) is 0. The van der Waals surface area contributed by atoms with Gasteiger partial charge in [-0.25, -0.2) is 0 Å². The lowest BCUT2D eigenvalue weighted by molar-refractivity contribution is -0.274. The fourth-order valence-corrected chi connectivity index (χ4v) is 0.991. The van der Waals surface area contributed by atoms with Crippen LogP contribution in [-0.4, -0.2) is 13.0 Å². The van der Waals surface area contributed by atoms with Crippen molar-refractivity contribution in [3.05, 3.63) is 23.8 Å². The maximum Gasteiger partial charge on any atom is 0.573 e. The zero-order valence-electron chi connectivity index (χ0n) is 8.02. The molecule has 0 spiro atoms. The number of aryl methyl sites for hydroxylation is 1. The highest BCUT2D eigenvalue weighted by Gasteiger charge is 2.31. The SMILES string of the molecule is Cc1ccc(OC(F)F)cc1OC(F)(F)F. The van der Waals surface area contributed by atoms with Crippen LogP contribution >= 0.6 is 0 Å². The fraction of sp³-hybridized carbons (Fsp3) is 0.333. The van der Waals surface area contributed by atoms with Crippen LogP contribution in [-0.2, 0) is 0 Å². The van der Waals surface area contributed by atoms with Gasteiger partial charge in [0, 0.05) is 6.07 Å². The van der Waals surface area contributed by atoms with E-state index in [2.05, 4.69) is 9.47 Å². The Morgan fingerprint density at radius 3 is 2.31 bits per heavy atom. The summed E-state index contributed by atoms with van der Waals surface area (Å²) in [6.07, 6.45) is -4.87. The molecule has 0 fully saturated rings. The molecule has 0 heterocycles. The van der Waals surface area contributed by atoms with E-state index in [1.54, 1.807) is 0 Å². The van der Waals surface area contributed by atoms with E-state index in [9.17, 15) is 22.0 Å². The van der Waals surface area contributed by atoms with E-state index in [-0.39, 0.29) is 11.3 Å². The minimum absolute atomic E-state index is 0.166. The van der Waals surface area contributed by atoms with E-state index >= 15 is 0 Å². The van der Waals surface area contributed by atoms with Crippen LogP contribution in [0, 0.1) is 6.92 Å². The van der Waals surface area contributed by atoms with Crippen LogP contribution in [0.3, 0.4) is 0 Å². The van der Waals surface area contributed by atoms with Crippen LogP contribution < -0.4 is 9.47 Å². The molecule has 0 amide bonds. The number of halogens is 5. The smallest absolute Gasteiger partial charge is 0.435 e. The molecule has 0 aliphatic carbocycles. The van der Waals surface area contributed by atoms with Gasteiger partial charge in [0.15, 0.2) is 0 Å². The summed E-state index contributed by atoms with van der Waals surface area (Å²) in [5.41, 5.74) is 0.166. The van der Waals surface area contributed by atoms with Crippen molar-refractivity contribution in [2.24, 2.45) is 0 Å². The minimum atomic E-state index is -4.87. The second-order valence-electron chi connectivity index (χ2n) is 2.85. The van der Waals surface area contributed by atoms with Gasteiger partial charge in [-0.3, -0.25) is 0 Å². The van der Waals surface area contributed by atoms with Crippen molar-refractivity contribution < 1.29 is 31.4 Å². The van der Waals surface area contributed by atoms with Crippen molar-refractivity contribution in [3.8, 4) is 11.5 Å². The highest BCUT2D eigenvalue weighted by atomic mass is 19.4. The molecule has 0 saturated carbocycles. The predicted molar refractivity (Wildman–Crippen MR) is 44.5 cm³/mol. The summed E-state index contributed by atoms with van der Waals surface area (Å²) < 4.78 is 66.9. The van der Waals surface area contributed by atoms with Crippen LogP contribution in [0.5, 0.6) is 11.5 Å². The van der Waals surface area contributed by atoms with Crippen molar-refractivity contribution in [2.75, 3.05) is 0 Å². The lowest BCUT2D eigenvalue weighted by atomic mass is 10.2. The molecule has 16 heavy (non-hydrogen) atoms. The Bertz CT molecular complexity index is 361. The Morgan fingerprint density at radius 2 is 1.81 bits per heavy atom. The first kappa shape index (κ1) is 12.5. The summed E-state index contributed by atoms with van der Waals surface area (Å²) in [6, 6.07) is 3.08. The van der Waals surface area contributed by atoms with Crippen molar-refractivity contribution in [1.29, 1.82) is 0 Å². The summed E-state index contributed by atoms with van der Waals surface area (Å²) >= 11 is 0. The number of benzene rings is 1. The molecule has 1 rings (SSSR count). The van der Waals surface area contributed by atoms with Gasteiger partial charge in [-0.1, -0.05) is 6.07 Å². The third-order valence-corrected chi connectivity index (χ3v) is 1.61. The van der Waals surface area contributed by atoms with Gasteiger partial charge in [0.2, 0.25) is 0 Å². The van der Waals surface area contributed by atoms with E-state index < -0.39 is 18.7 Å². The molecule has 0 radical (unpaired) electrons. The molecule has 0 saturated heterocycles. The lowest BCUT2D eigenvalue weighted by Crippen LogP contribution is -2.17. The number of ether oxygens (including phenoxy) is 2. The van der Waals surface area contributed by atoms with E-state index in [1.807, 2.05) is 0 Å². The normalized spacial score (nSPS) is 11.7. The minimum Gasteiger partial charge on any atom is -0.435 e. The molecule has 0 atom stereocenters. The first-order valence-corrected chi connectivity index (χ1v) is 4.09. The molecule has 0 aromatic heterocycles. The monoisotopic (exact) mass is 242 g/mol. The molecule has 0 aliphatic heterocycles. The van der Waals surface area contributed by atoms with Gasteiger partial charge in [0.25, 0.3) is 0 Å². The number of hydrogen-bond donors (Lipinski definition) is 0. The largest absolute Gasteiger partial charge is 0.573 e. The molecule has 2 nitrogen and oxygen atoms in total. The topological polar surface area (TPSA) is 18.5 Å². The van der Waals surface area contributed by atoms with Crippen molar-refractivity contribution in [1.82, 2.24) is 0 Å². The predicted octanol–water partition coefficient (Wildman–Crippen LogP) is 3.50.